The van der Waals surface area contributed by atoms with E-state index in [9.17, 15) is 9.90 Å². The average Bonchev–Trinajstić information content (AvgIpc) is 3.47. The summed E-state index contributed by atoms with van der Waals surface area (Å²) in [7, 11) is 0. The monoisotopic (exact) mass is 613 g/mol. The molecule has 2 N–H and O–H groups in total. The minimum Gasteiger partial charge on any atom is -0.478 e. The summed E-state index contributed by atoms with van der Waals surface area (Å²) in [6.07, 6.45) is 3.03. The van der Waals surface area contributed by atoms with Crippen molar-refractivity contribution in [3.8, 4) is 5.69 Å². The van der Waals surface area contributed by atoms with Crippen LogP contribution in [-0.4, -0.2) is 38.8 Å². The van der Waals surface area contributed by atoms with Crippen LogP contribution in [0.1, 0.15) is 65.4 Å². The smallest absolute Gasteiger partial charge is 0.335 e. The van der Waals surface area contributed by atoms with Gasteiger partial charge in [-0.1, -0.05) is 37.6 Å². The number of anilines is 2. The molecule has 0 saturated carbocycles. The van der Waals surface area contributed by atoms with E-state index < -0.39 is 5.97 Å². The summed E-state index contributed by atoms with van der Waals surface area (Å²) in [6, 6.07) is 20.9. The minimum atomic E-state index is -0.954. The summed E-state index contributed by atoms with van der Waals surface area (Å²) < 4.78 is 2.10. The van der Waals surface area contributed by atoms with Crippen molar-refractivity contribution in [2.75, 3.05) is 22.9 Å². The van der Waals surface area contributed by atoms with Crippen molar-refractivity contribution in [2.45, 2.75) is 46.2 Å². The second-order valence-electron chi connectivity index (χ2n) is 12.0. The third-order valence-corrected chi connectivity index (χ3v) is 9.27. The molecule has 2 aromatic heterocycles. The van der Waals surface area contributed by atoms with Crippen molar-refractivity contribution < 1.29 is 9.90 Å². The van der Waals surface area contributed by atoms with Crippen molar-refractivity contribution >= 4 is 46.3 Å². The lowest BCUT2D eigenvalue weighted by molar-refractivity contribution is 0.0697. The number of rotatable bonds is 6. The highest BCUT2D eigenvalue weighted by molar-refractivity contribution is 7.80. The highest BCUT2D eigenvalue weighted by Gasteiger charge is 2.42. The maximum Gasteiger partial charge on any atom is 0.335 e. The first-order chi connectivity index (χ1) is 20.6. The molecule has 4 atom stereocenters. The SMILES string of the molecule is Cc1cc([C@@H]2[C@@H](c3ccccn3)NC(=S)N2c2ccc(N3C[C@H](C)C[C@H](C)C3)c(Cl)c2)c(C)n1-c1cccc(C(=O)O)c1. The summed E-state index contributed by atoms with van der Waals surface area (Å²) in [5.74, 6) is 0.277. The van der Waals surface area contributed by atoms with E-state index in [-0.39, 0.29) is 17.6 Å². The summed E-state index contributed by atoms with van der Waals surface area (Å²) in [4.78, 5) is 21.0. The van der Waals surface area contributed by atoms with Gasteiger partial charge in [-0.15, -0.1) is 0 Å². The number of hydrogen-bond acceptors (Lipinski definition) is 4. The molecule has 0 amide bonds. The standard InChI is InChI=1S/C34H36ClN5O2S/c1-20-14-21(2)19-38(18-20)30-12-11-26(17-28(30)35)40-32(31(37-34(40)43)29-10-5-6-13-36-29)27-15-22(3)39(23(27)4)25-9-7-8-24(16-25)33(41)42/h5-13,15-17,20-21,31-32H,14,18-19H2,1-4H3,(H,37,43)(H,41,42)/t20-,21+,31-,32-/m1/s1. The van der Waals surface area contributed by atoms with Crippen LogP contribution in [0.15, 0.2) is 72.9 Å². The van der Waals surface area contributed by atoms with Crippen LogP contribution in [0.3, 0.4) is 0 Å². The van der Waals surface area contributed by atoms with Crippen molar-refractivity contribution in [3.63, 3.8) is 0 Å². The van der Waals surface area contributed by atoms with Crippen molar-refractivity contribution in [2.24, 2.45) is 11.8 Å². The predicted octanol–water partition coefficient (Wildman–Crippen LogP) is 7.50. The van der Waals surface area contributed by atoms with Gasteiger partial charge in [0, 0.05) is 42.0 Å². The second kappa shape index (κ2) is 11.7. The van der Waals surface area contributed by atoms with Crippen LogP contribution in [0.2, 0.25) is 5.02 Å². The van der Waals surface area contributed by atoms with E-state index in [1.165, 1.54) is 6.42 Å². The highest BCUT2D eigenvalue weighted by Crippen LogP contribution is 2.45. The number of halogens is 1. The zero-order chi connectivity index (χ0) is 30.4. The van der Waals surface area contributed by atoms with Crippen LogP contribution in [0.5, 0.6) is 0 Å². The number of aromatic nitrogens is 2. The molecular formula is C34H36ClN5O2S. The molecule has 0 bridgehead atoms. The number of pyridine rings is 1. The molecule has 0 aliphatic carbocycles. The molecule has 6 rings (SSSR count). The molecule has 4 heterocycles. The number of piperidine rings is 1. The minimum absolute atomic E-state index is 0.213. The molecule has 0 unspecified atom stereocenters. The number of thiocarbonyl (C=S) groups is 1. The van der Waals surface area contributed by atoms with Crippen molar-refractivity contribution in [1.29, 1.82) is 0 Å². The molecule has 2 aliphatic rings. The summed E-state index contributed by atoms with van der Waals surface area (Å²) in [5, 5.41) is 14.5. The number of aromatic carboxylic acids is 1. The fraction of sp³-hybridized carbons (Fsp3) is 0.324. The third kappa shape index (κ3) is 5.50. The van der Waals surface area contributed by atoms with E-state index in [0.717, 1.165) is 52.8 Å². The Morgan fingerprint density at radius 3 is 2.44 bits per heavy atom. The Labute approximate surface area is 263 Å². The van der Waals surface area contributed by atoms with Gasteiger partial charge in [0.1, 0.15) is 0 Å². The van der Waals surface area contributed by atoms with E-state index >= 15 is 0 Å². The van der Waals surface area contributed by atoms with Crippen LogP contribution >= 0.6 is 23.8 Å². The Hall–Kier alpha value is -3.88. The normalized spacial score (nSPS) is 22.1. The Balaban J connectivity index is 1.44. The predicted molar refractivity (Wildman–Crippen MR) is 177 cm³/mol. The number of hydrogen-bond donors (Lipinski definition) is 2. The fourth-order valence-corrected chi connectivity index (χ4v) is 7.61. The largest absolute Gasteiger partial charge is 0.478 e. The summed E-state index contributed by atoms with van der Waals surface area (Å²) in [6.45, 7) is 10.7. The molecule has 222 valence electrons. The lowest BCUT2D eigenvalue weighted by Crippen LogP contribution is -2.38. The molecule has 2 fully saturated rings. The quantitative estimate of drug-likeness (QED) is 0.218. The van der Waals surface area contributed by atoms with E-state index in [4.69, 9.17) is 28.8 Å². The highest BCUT2D eigenvalue weighted by atomic mass is 35.5. The molecule has 2 saturated heterocycles. The molecule has 4 aromatic rings. The van der Waals surface area contributed by atoms with Crippen molar-refractivity contribution in [1.82, 2.24) is 14.9 Å². The van der Waals surface area contributed by atoms with Crippen molar-refractivity contribution in [3.05, 3.63) is 106 Å². The zero-order valence-corrected chi connectivity index (χ0v) is 26.4. The molecule has 2 aliphatic heterocycles. The second-order valence-corrected chi connectivity index (χ2v) is 12.8. The summed E-state index contributed by atoms with van der Waals surface area (Å²) in [5.41, 5.74) is 6.95. The molecule has 0 spiro atoms. The number of nitrogens with zero attached hydrogens (tertiary/aromatic N) is 4. The summed E-state index contributed by atoms with van der Waals surface area (Å²) >= 11 is 13.0. The Morgan fingerprint density at radius 2 is 1.77 bits per heavy atom. The first kappa shape index (κ1) is 29.2. The number of carboxylic acid groups (broad SMARTS) is 1. The number of nitrogens with one attached hydrogen (secondary N) is 1. The first-order valence-corrected chi connectivity index (χ1v) is 15.5. The van der Waals surface area contributed by atoms with Crippen LogP contribution in [0.4, 0.5) is 11.4 Å². The van der Waals surface area contributed by atoms with Crippen LogP contribution in [0.25, 0.3) is 5.69 Å². The van der Waals surface area contributed by atoms with Gasteiger partial charge in [-0.2, -0.15) is 0 Å². The van der Waals surface area contributed by atoms with E-state index in [2.05, 4.69) is 58.7 Å². The van der Waals surface area contributed by atoms with Gasteiger partial charge in [0.25, 0.3) is 0 Å². The Kier molecular flexibility index (Phi) is 7.92. The average molecular weight is 614 g/mol. The van der Waals surface area contributed by atoms with E-state index in [1.54, 1.807) is 24.4 Å². The van der Waals surface area contributed by atoms with Gasteiger partial charge >= 0.3 is 5.97 Å². The van der Waals surface area contributed by atoms with E-state index in [1.807, 2.05) is 37.3 Å². The van der Waals surface area contributed by atoms with Crippen LogP contribution in [0, 0.1) is 25.7 Å². The number of carboxylic acids is 1. The van der Waals surface area contributed by atoms with Crippen LogP contribution in [-0.2, 0) is 0 Å². The number of aryl methyl sites for hydroxylation is 1. The molecule has 2 aromatic carbocycles. The zero-order valence-electron chi connectivity index (χ0n) is 24.8. The molecule has 0 radical (unpaired) electrons. The maximum absolute atomic E-state index is 11.7. The van der Waals surface area contributed by atoms with E-state index in [0.29, 0.717) is 22.0 Å². The number of benzene rings is 2. The van der Waals surface area contributed by atoms with Gasteiger partial charge in [-0.3, -0.25) is 4.98 Å². The maximum atomic E-state index is 11.7. The Morgan fingerprint density at radius 1 is 1.00 bits per heavy atom. The lowest BCUT2D eigenvalue weighted by atomic mass is 9.91. The fourth-order valence-electron chi connectivity index (χ4n) is 6.97. The van der Waals surface area contributed by atoms with Gasteiger partial charge in [0.2, 0.25) is 0 Å². The molecule has 9 heteroatoms. The Bertz CT molecular complexity index is 1680. The van der Waals surface area contributed by atoms with Gasteiger partial charge in [0.05, 0.1) is 34.1 Å². The van der Waals surface area contributed by atoms with Gasteiger partial charge < -0.3 is 24.8 Å². The molecule has 7 nitrogen and oxygen atoms in total. The van der Waals surface area contributed by atoms with Crippen LogP contribution < -0.4 is 15.1 Å². The molecular weight excluding hydrogens is 578 g/mol. The first-order valence-electron chi connectivity index (χ1n) is 14.7. The van der Waals surface area contributed by atoms with Gasteiger partial charge in [0.15, 0.2) is 5.11 Å². The third-order valence-electron chi connectivity index (χ3n) is 8.66. The molecule has 43 heavy (non-hydrogen) atoms. The van der Waals surface area contributed by atoms with Gasteiger partial charge in [-0.25, -0.2) is 4.79 Å². The number of carbonyl (C=O) groups is 1. The topological polar surface area (TPSA) is 73.6 Å². The van der Waals surface area contributed by atoms with Gasteiger partial charge in [-0.05, 0) is 104 Å². The lowest BCUT2D eigenvalue weighted by Gasteiger charge is -2.37.